The fraction of sp³-hybridized carbons (Fsp3) is 0.0526. The van der Waals surface area contributed by atoms with Crippen LogP contribution in [0.1, 0.15) is 15.9 Å². The van der Waals surface area contributed by atoms with Crippen LogP contribution in [0.25, 0.3) is 27.6 Å². The van der Waals surface area contributed by atoms with Crippen molar-refractivity contribution in [2.75, 3.05) is 0 Å². The van der Waals surface area contributed by atoms with Gasteiger partial charge in [0.25, 0.3) is 5.24 Å². The van der Waals surface area contributed by atoms with Crippen molar-refractivity contribution in [2.45, 2.75) is 6.92 Å². The number of pyridine rings is 1. The molecule has 2 aromatic heterocycles. The van der Waals surface area contributed by atoms with Gasteiger partial charge >= 0.3 is 0 Å². The SMILES string of the molecule is Cc1ccc2c(c1)c(C(=O)Cl)cn2-c1ccc2ccccc2n1.Cl. The normalized spacial score (nSPS) is 10.8. The van der Waals surface area contributed by atoms with E-state index in [2.05, 4.69) is 0 Å². The highest BCUT2D eigenvalue weighted by atomic mass is 35.5. The van der Waals surface area contributed by atoms with Crippen LogP contribution in [-0.4, -0.2) is 14.8 Å². The number of hydrogen-bond donors (Lipinski definition) is 0. The molecule has 0 aliphatic carbocycles. The fourth-order valence-corrected chi connectivity index (χ4v) is 3.03. The molecule has 0 N–H and O–H groups in total. The summed E-state index contributed by atoms with van der Waals surface area (Å²) in [7, 11) is 0. The van der Waals surface area contributed by atoms with Crippen LogP contribution in [-0.2, 0) is 0 Å². The van der Waals surface area contributed by atoms with Crippen molar-refractivity contribution in [3.8, 4) is 5.82 Å². The van der Waals surface area contributed by atoms with Crippen LogP contribution < -0.4 is 0 Å². The summed E-state index contributed by atoms with van der Waals surface area (Å²) in [4.78, 5) is 16.5. The smallest absolute Gasteiger partial charge is 0.254 e. The molecular weight excluding hydrogens is 343 g/mol. The molecular formula is C19H14Cl2N2O. The molecule has 0 fully saturated rings. The van der Waals surface area contributed by atoms with Gasteiger partial charge in [0.2, 0.25) is 0 Å². The molecule has 2 aromatic carbocycles. The molecule has 0 amide bonds. The predicted octanol–water partition coefficient (Wildman–Crippen LogP) is 5.29. The molecule has 0 spiro atoms. The fourth-order valence-electron chi connectivity index (χ4n) is 2.88. The third-order valence-corrected chi connectivity index (χ3v) is 4.21. The summed E-state index contributed by atoms with van der Waals surface area (Å²) in [5.74, 6) is 0.765. The number of aromatic nitrogens is 2. The average Bonchev–Trinajstić information content (AvgIpc) is 2.93. The average molecular weight is 357 g/mol. The first-order valence-electron chi connectivity index (χ1n) is 7.31. The molecule has 0 bridgehead atoms. The summed E-state index contributed by atoms with van der Waals surface area (Å²) >= 11 is 5.76. The van der Waals surface area contributed by atoms with Gasteiger partial charge in [0.05, 0.1) is 16.6 Å². The van der Waals surface area contributed by atoms with E-state index in [0.717, 1.165) is 33.2 Å². The zero-order valence-electron chi connectivity index (χ0n) is 12.9. The largest absolute Gasteiger partial charge is 0.300 e. The van der Waals surface area contributed by atoms with Gasteiger partial charge in [0.15, 0.2) is 0 Å². The van der Waals surface area contributed by atoms with Gasteiger partial charge in [-0.25, -0.2) is 4.98 Å². The standard InChI is InChI=1S/C19H13ClN2O.ClH/c1-12-6-8-17-14(10-12)15(19(20)23)11-22(17)18-9-7-13-4-2-3-5-16(13)21-18;/h2-11H,1H3;1H. The van der Waals surface area contributed by atoms with Gasteiger partial charge in [-0.3, -0.25) is 4.79 Å². The van der Waals surface area contributed by atoms with Crippen molar-refractivity contribution < 1.29 is 4.79 Å². The second kappa shape index (κ2) is 6.27. The van der Waals surface area contributed by atoms with Gasteiger partial charge in [-0.05, 0) is 48.9 Å². The minimum atomic E-state index is -0.458. The molecule has 0 aliphatic rings. The Balaban J connectivity index is 0.00000169. The number of rotatable bonds is 2. The zero-order chi connectivity index (χ0) is 16.0. The number of hydrogen-bond acceptors (Lipinski definition) is 2. The van der Waals surface area contributed by atoms with Gasteiger partial charge in [-0.15, -0.1) is 12.4 Å². The van der Waals surface area contributed by atoms with E-state index in [-0.39, 0.29) is 12.4 Å². The summed E-state index contributed by atoms with van der Waals surface area (Å²) in [5.41, 5.74) is 3.42. The number of halogens is 2. The van der Waals surface area contributed by atoms with Crippen LogP contribution in [0.3, 0.4) is 0 Å². The number of fused-ring (bicyclic) bond motifs is 2. The second-order valence-corrected chi connectivity index (χ2v) is 5.91. The van der Waals surface area contributed by atoms with Crippen LogP contribution in [0.4, 0.5) is 0 Å². The molecule has 0 aliphatic heterocycles. The van der Waals surface area contributed by atoms with Gasteiger partial charge in [-0.1, -0.05) is 29.8 Å². The molecule has 24 heavy (non-hydrogen) atoms. The predicted molar refractivity (Wildman–Crippen MR) is 101 cm³/mol. The Morgan fingerprint density at radius 2 is 1.88 bits per heavy atom. The Labute approximate surface area is 150 Å². The summed E-state index contributed by atoms with van der Waals surface area (Å²) in [6.07, 6.45) is 1.76. The van der Waals surface area contributed by atoms with Crippen molar-refractivity contribution in [3.05, 3.63) is 71.9 Å². The lowest BCUT2D eigenvalue weighted by molar-refractivity contribution is 0.108. The summed E-state index contributed by atoms with van der Waals surface area (Å²) in [6, 6.07) is 17.9. The van der Waals surface area contributed by atoms with E-state index < -0.39 is 5.24 Å². The molecule has 3 nitrogen and oxygen atoms in total. The Kier molecular flexibility index (Phi) is 4.31. The maximum absolute atomic E-state index is 11.8. The lowest BCUT2D eigenvalue weighted by Gasteiger charge is -2.06. The van der Waals surface area contributed by atoms with Crippen molar-refractivity contribution in [3.63, 3.8) is 0 Å². The number of carbonyl (C=O) groups is 1. The van der Waals surface area contributed by atoms with Crippen molar-refractivity contribution >= 4 is 51.1 Å². The van der Waals surface area contributed by atoms with E-state index in [1.54, 1.807) is 6.20 Å². The van der Waals surface area contributed by atoms with Crippen molar-refractivity contribution in [2.24, 2.45) is 0 Å². The quantitative estimate of drug-likeness (QED) is 0.457. The van der Waals surface area contributed by atoms with E-state index in [1.165, 1.54) is 0 Å². The third-order valence-electron chi connectivity index (χ3n) is 4.00. The molecule has 0 unspecified atom stereocenters. The van der Waals surface area contributed by atoms with E-state index in [4.69, 9.17) is 16.6 Å². The highest BCUT2D eigenvalue weighted by Crippen LogP contribution is 2.27. The Morgan fingerprint density at radius 3 is 2.67 bits per heavy atom. The Morgan fingerprint density at radius 1 is 1.08 bits per heavy atom. The Hall–Kier alpha value is -2.36. The van der Waals surface area contributed by atoms with Gasteiger partial charge in [0.1, 0.15) is 5.82 Å². The topological polar surface area (TPSA) is 34.9 Å². The van der Waals surface area contributed by atoms with Crippen molar-refractivity contribution in [1.82, 2.24) is 9.55 Å². The maximum Gasteiger partial charge on any atom is 0.254 e. The van der Waals surface area contributed by atoms with Gasteiger partial charge < -0.3 is 4.57 Å². The highest BCUT2D eigenvalue weighted by Gasteiger charge is 2.15. The Bertz CT molecular complexity index is 1070. The summed E-state index contributed by atoms with van der Waals surface area (Å²) in [6.45, 7) is 1.99. The molecule has 4 aromatic rings. The molecule has 120 valence electrons. The van der Waals surface area contributed by atoms with Gasteiger partial charge in [-0.2, -0.15) is 0 Å². The first-order valence-corrected chi connectivity index (χ1v) is 7.69. The van der Waals surface area contributed by atoms with Crippen LogP contribution in [0.15, 0.2) is 60.8 Å². The lowest BCUT2D eigenvalue weighted by Crippen LogP contribution is -1.96. The summed E-state index contributed by atoms with van der Waals surface area (Å²) in [5, 5.41) is 1.47. The van der Waals surface area contributed by atoms with Crippen LogP contribution in [0.5, 0.6) is 0 Å². The molecule has 0 saturated heterocycles. The first kappa shape index (κ1) is 16.5. The number of benzene rings is 2. The number of para-hydroxylation sites is 1. The van der Waals surface area contributed by atoms with Crippen LogP contribution in [0, 0.1) is 6.92 Å². The minimum Gasteiger partial charge on any atom is -0.300 e. The van der Waals surface area contributed by atoms with E-state index in [0.29, 0.717) is 5.56 Å². The van der Waals surface area contributed by atoms with E-state index in [9.17, 15) is 4.79 Å². The lowest BCUT2D eigenvalue weighted by atomic mass is 10.1. The van der Waals surface area contributed by atoms with E-state index in [1.807, 2.05) is 66.1 Å². The monoisotopic (exact) mass is 356 g/mol. The first-order chi connectivity index (χ1) is 11.1. The molecule has 0 radical (unpaired) electrons. The molecule has 0 saturated carbocycles. The van der Waals surface area contributed by atoms with Crippen LogP contribution >= 0.6 is 24.0 Å². The highest BCUT2D eigenvalue weighted by molar-refractivity contribution is 6.68. The molecule has 2 heterocycles. The number of carbonyl (C=O) groups excluding carboxylic acids is 1. The van der Waals surface area contributed by atoms with Crippen molar-refractivity contribution in [1.29, 1.82) is 0 Å². The molecule has 5 heteroatoms. The zero-order valence-corrected chi connectivity index (χ0v) is 14.4. The summed E-state index contributed by atoms with van der Waals surface area (Å²) < 4.78 is 1.91. The third kappa shape index (κ3) is 2.66. The van der Waals surface area contributed by atoms with E-state index >= 15 is 0 Å². The van der Waals surface area contributed by atoms with Gasteiger partial charge in [0, 0.05) is 17.0 Å². The number of nitrogens with zero attached hydrogens (tertiary/aromatic N) is 2. The minimum absolute atomic E-state index is 0. The number of aryl methyl sites for hydroxylation is 1. The maximum atomic E-state index is 11.8. The molecule has 0 atom stereocenters. The second-order valence-electron chi connectivity index (χ2n) is 5.57. The molecule has 4 rings (SSSR count). The van der Waals surface area contributed by atoms with Crippen LogP contribution in [0.2, 0.25) is 0 Å².